The van der Waals surface area contributed by atoms with Gasteiger partial charge in [-0.1, -0.05) is 60.6 Å². The third-order valence-electron chi connectivity index (χ3n) is 9.96. The van der Waals surface area contributed by atoms with Crippen molar-refractivity contribution in [3.05, 3.63) is 23.3 Å². The van der Waals surface area contributed by atoms with Gasteiger partial charge in [0.25, 0.3) is 0 Å². The highest BCUT2D eigenvalue weighted by molar-refractivity contribution is 6.04. The maximum atomic E-state index is 13.2. The van der Waals surface area contributed by atoms with Crippen molar-refractivity contribution in [2.75, 3.05) is 6.61 Å². The molecular formula is C29H42O8. The van der Waals surface area contributed by atoms with Crippen LogP contribution in [0, 0.1) is 40.9 Å². The fourth-order valence-corrected chi connectivity index (χ4v) is 7.52. The molecule has 2 fully saturated rings. The lowest BCUT2D eigenvalue weighted by Crippen LogP contribution is -2.66. The van der Waals surface area contributed by atoms with Crippen LogP contribution in [0.3, 0.4) is 0 Å². The van der Waals surface area contributed by atoms with E-state index in [2.05, 4.69) is 0 Å². The predicted molar refractivity (Wildman–Crippen MR) is 135 cm³/mol. The third-order valence-corrected chi connectivity index (χ3v) is 9.96. The number of ketones is 1. The molecule has 0 saturated heterocycles. The second-order valence-electron chi connectivity index (χ2n) is 12.7. The van der Waals surface area contributed by atoms with E-state index in [1.165, 1.54) is 0 Å². The lowest BCUT2D eigenvalue weighted by atomic mass is 9.59. The molecule has 3 N–H and O–H groups in total. The number of carbonyl (C=O) groups excluding carboxylic acids is 3. The summed E-state index contributed by atoms with van der Waals surface area (Å²) in [6.07, 6.45) is 2.81. The predicted octanol–water partition coefficient (Wildman–Crippen LogP) is 2.73. The van der Waals surface area contributed by atoms with Gasteiger partial charge >= 0.3 is 11.9 Å². The van der Waals surface area contributed by atoms with Crippen LogP contribution in [0.25, 0.3) is 0 Å². The van der Waals surface area contributed by atoms with Gasteiger partial charge < -0.3 is 24.8 Å². The SMILES string of the molecule is CCC(C)C(=O)O[C@@H]1[C@@H](C)[C@@]2(O)[C@@H](C=C(CO)C[C@]3(O)C(=O)C(C)=C[C@@H]23)[C@@H]2C(C)(C)[C@]12OC(=O)C(C)C. The van der Waals surface area contributed by atoms with E-state index in [1.54, 1.807) is 46.8 Å². The molecule has 0 aromatic rings. The van der Waals surface area contributed by atoms with Crippen molar-refractivity contribution < 1.29 is 39.2 Å². The second kappa shape index (κ2) is 8.75. The minimum atomic E-state index is -1.94. The minimum Gasteiger partial charge on any atom is -0.457 e. The number of aliphatic hydroxyl groups excluding tert-OH is 1. The second-order valence-corrected chi connectivity index (χ2v) is 12.7. The largest absolute Gasteiger partial charge is 0.457 e. The molecule has 0 bridgehead atoms. The van der Waals surface area contributed by atoms with Crippen LogP contribution in [0.5, 0.6) is 0 Å². The summed E-state index contributed by atoms with van der Waals surface area (Å²) in [5.41, 5.74) is -4.78. The Morgan fingerprint density at radius 1 is 1.14 bits per heavy atom. The van der Waals surface area contributed by atoms with Gasteiger partial charge in [-0.3, -0.25) is 14.4 Å². The van der Waals surface area contributed by atoms with Crippen molar-refractivity contribution in [1.82, 2.24) is 0 Å². The van der Waals surface area contributed by atoms with E-state index in [9.17, 15) is 29.7 Å². The van der Waals surface area contributed by atoms with Crippen LogP contribution in [-0.4, -0.2) is 62.6 Å². The van der Waals surface area contributed by atoms with E-state index >= 15 is 0 Å². The van der Waals surface area contributed by atoms with Gasteiger partial charge in [0.15, 0.2) is 11.4 Å². The number of fused-ring (bicyclic) bond motifs is 5. The highest BCUT2D eigenvalue weighted by atomic mass is 16.6. The Hall–Kier alpha value is -2.03. The lowest BCUT2D eigenvalue weighted by molar-refractivity contribution is -0.231. The molecule has 0 heterocycles. The molecule has 0 aliphatic heterocycles. The zero-order valence-electron chi connectivity index (χ0n) is 23.2. The topological polar surface area (TPSA) is 130 Å². The van der Waals surface area contributed by atoms with E-state index in [-0.39, 0.29) is 13.0 Å². The first-order valence-corrected chi connectivity index (χ1v) is 13.5. The fraction of sp³-hybridized carbons (Fsp3) is 0.759. The molecule has 1 unspecified atom stereocenters. The Balaban J connectivity index is 1.94. The maximum Gasteiger partial charge on any atom is 0.309 e. The molecule has 4 rings (SSSR count). The lowest BCUT2D eigenvalue weighted by Gasteiger charge is -2.53. The van der Waals surface area contributed by atoms with Crippen molar-refractivity contribution in [1.29, 1.82) is 0 Å². The van der Waals surface area contributed by atoms with Crippen LogP contribution >= 0.6 is 0 Å². The minimum absolute atomic E-state index is 0.115. The van der Waals surface area contributed by atoms with Crippen molar-refractivity contribution >= 4 is 17.7 Å². The van der Waals surface area contributed by atoms with E-state index < -0.39 is 81.6 Å². The summed E-state index contributed by atoms with van der Waals surface area (Å²) in [6, 6.07) is 0. The van der Waals surface area contributed by atoms with Crippen molar-refractivity contribution in [2.24, 2.45) is 40.9 Å². The number of carbonyl (C=O) groups is 3. The van der Waals surface area contributed by atoms with Gasteiger partial charge in [0, 0.05) is 35.5 Å². The number of aliphatic hydroxyl groups is 3. The number of ether oxygens (including phenoxy) is 2. The number of hydrogen-bond donors (Lipinski definition) is 3. The summed E-state index contributed by atoms with van der Waals surface area (Å²) in [6.45, 7) is 13.9. The van der Waals surface area contributed by atoms with Gasteiger partial charge in [-0.25, -0.2) is 0 Å². The molecule has 37 heavy (non-hydrogen) atoms. The molecule has 4 aliphatic carbocycles. The third kappa shape index (κ3) is 3.54. The number of hydrogen-bond acceptors (Lipinski definition) is 8. The number of Topliss-reactive ketones (excluding diaryl/α,β-unsaturated/α-hetero) is 1. The smallest absolute Gasteiger partial charge is 0.309 e. The van der Waals surface area contributed by atoms with Crippen molar-refractivity contribution in [3.8, 4) is 0 Å². The van der Waals surface area contributed by atoms with Crippen molar-refractivity contribution in [2.45, 2.75) is 91.1 Å². The normalized spacial score (nSPS) is 42.5. The van der Waals surface area contributed by atoms with E-state index in [1.807, 2.05) is 20.8 Å². The molecule has 0 radical (unpaired) electrons. The fourth-order valence-electron chi connectivity index (χ4n) is 7.52. The molecule has 0 spiro atoms. The summed E-state index contributed by atoms with van der Waals surface area (Å²) in [4.78, 5) is 39.4. The van der Waals surface area contributed by atoms with Gasteiger partial charge in [-0.05, 0) is 24.5 Å². The molecule has 0 aromatic carbocycles. The zero-order valence-corrected chi connectivity index (χ0v) is 23.2. The summed E-state index contributed by atoms with van der Waals surface area (Å²) < 4.78 is 12.4. The molecule has 2 saturated carbocycles. The first kappa shape index (κ1) is 28.0. The zero-order chi connectivity index (χ0) is 27.9. The van der Waals surface area contributed by atoms with Crippen molar-refractivity contribution in [3.63, 3.8) is 0 Å². The Morgan fingerprint density at radius 3 is 2.30 bits per heavy atom. The van der Waals surface area contributed by atoms with Gasteiger partial charge in [0.2, 0.25) is 0 Å². The Labute approximate surface area is 219 Å². The molecule has 8 heteroatoms. The molecular weight excluding hydrogens is 476 g/mol. The van der Waals surface area contributed by atoms with Crippen LogP contribution in [0.15, 0.2) is 23.3 Å². The molecule has 9 atom stereocenters. The molecule has 206 valence electrons. The summed E-state index contributed by atoms with van der Waals surface area (Å²) >= 11 is 0. The Bertz CT molecular complexity index is 1070. The van der Waals surface area contributed by atoms with Crippen LogP contribution in [0.4, 0.5) is 0 Å². The van der Waals surface area contributed by atoms with Gasteiger partial charge in [0.1, 0.15) is 11.7 Å². The summed E-state index contributed by atoms with van der Waals surface area (Å²) in [5.74, 6) is -5.15. The number of rotatable bonds is 6. The quantitative estimate of drug-likeness (QED) is 0.361. The average Bonchev–Trinajstić information content (AvgIpc) is 3.26. The van der Waals surface area contributed by atoms with E-state index in [0.29, 0.717) is 17.6 Å². The van der Waals surface area contributed by atoms with Crippen LogP contribution in [-0.2, 0) is 23.9 Å². The highest BCUT2D eigenvalue weighted by Gasteiger charge is 2.88. The molecule has 0 amide bonds. The molecule has 0 aromatic heterocycles. The summed E-state index contributed by atoms with van der Waals surface area (Å²) in [5, 5.41) is 34.6. The first-order valence-electron chi connectivity index (χ1n) is 13.5. The maximum absolute atomic E-state index is 13.2. The van der Waals surface area contributed by atoms with Crippen LogP contribution < -0.4 is 0 Å². The molecule has 4 aliphatic rings. The highest BCUT2D eigenvalue weighted by Crippen LogP contribution is 2.77. The van der Waals surface area contributed by atoms with Crippen LogP contribution in [0.2, 0.25) is 0 Å². The van der Waals surface area contributed by atoms with E-state index in [4.69, 9.17) is 9.47 Å². The molecule has 8 nitrogen and oxygen atoms in total. The van der Waals surface area contributed by atoms with Gasteiger partial charge in [-0.15, -0.1) is 0 Å². The Kier molecular flexibility index (Phi) is 6.62. The monoisotopic (exact) mass is 518 g/mol. The van der Waals surface area contributed by atoms with Gasteiger partial charge in [0.05, 0.1) is 24.0 Å². The summed E-state index contributed by atoms with van der Waals surface area (Å²) in [7, 11) is 0. The van der Waals surface area contributed by atoms with Crippen LogP contribution in [0.1, 0.15) is 68.2 Å². The number of esters is 2. The first-order chi connectivity index (χ1) is 17.0. The average molecular weight is 519 g/mol. The Morgan fingerprint density at radius 2 is 1.76 bits per heavy atom. The van der Waals surface area contributed by atoms with E-state index in [0.717, 1.165) is 0 Å². The van der Waals surface area contributed by atoms with Gasteiger partial charge in [-0.2, -0.15) is 0 Å². The standard InChI is InChI=1S/C29H42O8/c1-9-15(4)25(33)36-23-17(6)28(35)19(21-26(7,8)29(21,23)37-24(32)14(2)3)11-18(13-30)12-27(34)20(28)10-16(5)22(27)31/h10-11,14-15,17,19-21,23,30,34-35H,9,12-13H2,1-8H3/t15?,17-,19+,20-,21-,23-,27-,28-,29-/m1/s1.